The first-order valence-corrected chi connectivity index (χ1v) is 16.6. The second kappa shape index (κ2) is 12.7. The predicted octanol–water partition coefficient (Wildman–Crippen LogP) is 11.2. The molecule has 0 spiro atoms. The van der Waals surface area contributed by atoms with Crippen molar-refractivity contribution in [1.82, 2.24) is 14.5 Å². The van der Waals surface area contributed by atoms with Gasteiger partial charge in [-0.25, -0.2) is 4.98 Å². The molecule has 3 aromatic heterocycles. The van der Waals surface area contributed by atoms with Crippen molar-refractivity contribution in [3.63, 3.8) is 0 Å². The van der Waals surface area contributed by atoms with E-state index in [0.717, 1.165) is 33.5 Å². The zero-order chi connectivity index (χ0) is 32.2. The van der Waals surface area contributed by atoms with Crippen LogP contribution in [0.4, 0.5) is 0 Å². The molecule has 242 valence electrons. The van der Waals surface area contributed by atoms with Crippen LogP contribution in [-0.4, -0.2) is 14.5 Å². The number of rotatable bonds is 5. The molecule has 3 aromatic carbocycles. The Morgan fingerprint density at radius 2 is 1.70 bits per heavy atom. The predicted molar refractivity (Wildman–Crippen MR) is 189 cm³/mol. The Balaban J connectivity index is 0.00000386. The molecule has 47 heavy (non-hydrogen) atoms. The van der Waals surface area contributed by atoms with E-state index in [9.17, 15) is 0 Å². The molecule has 5 heteroatoms. The number of hydrogen-bond acceptors (Lipinski definition) is 3. The molecule has 2 atom stereocenters. The molecule has 1 fully saturated rings. The summed E-state index contributed by atoms with van der Waals surface area (Å²) in [6, 6.07) is 32.3. The van der Waals surface area contributed by atoms with Crippen molar-refractivity contribution >= 4 is 21.8 Å². The van der Waals surface area contributed by atoms with Gasteiger partial charge in [-0.1, -0.05) is 77.4 Å². The van der Waals surface area contributed by atoms with Gasteiger partial charge in [-0.2, -0.15) is 6.07 Å². The second-order valence-corrected chi connectivity index (χ2v) is 15.0. The molecule has 1 aliphatic carbocycles. The maximum Gasteiger partial charge on any atom is 2.00 e. The van der Waals surface area contributed by atoms with Crippen LogP contribution < -0.4 is 4.74 Å². The van der Waals surface area contributed by atoms with Crippen molar-refractivity contribution in [3.05, 3.63) is 114 Å². The van der Waals surface area contributed by atoms with Gasteiger partial charge in [-0.05, 0) is 94.8 Å². The third-order valence-electron chi connectivity index (χ3n) is 9.90. The summed E-state index contributed by atoms with van der Waals surface area (Å²) in [4.78, 5) is 9.53. The molecule has 0 bridgehead atoms. The Morgan fingerprint density at radius 3 is 2.45 bits per heavy atom. The maximum absolute atomic E-state index is 6.45. The normalized spacial score (nSPS) is 17.9. The van der Waals surface area contributed by atoms with E-state index in [1.807, 2.05) is 48.8 Å². The molecule has 0 amide bonds. The van der Waals surface area contributed by atoms with Crippen LogP contribution in [0.5, 0.6) is 11.5 Å². The second-order valence-electron chi connectivity index (χ2n) is 15.0. The molecule has 0 saturated heterocycles. The van der Waals surface area contributed by atoms with Crippen LogP contribution in [0.3, 0.4) is 0 Å². The maximum atomic E-state index is 6.45. The third-order valence-corrected chi connectivity index (χ3v) is 9.90. The summed E-state index contributed by atoms with van der Waals surface area (Å²) in [5, 5.41) is 2.30. The number of benzene rings is 3. The number of aromatic nitrogens is 3. The Kier molecular flexibility index (Phi) is 8.96. The number of pyridine rings is 2. The minimum atomic E-state index is 0. The van der Waals surface area contributed by atoms with Gasteiger partial charge >= 0.3 is 21.1 Å². The molecular formula is C42H43N3OPt. The minimum absolute atomic E-state index is 0. The van der Waals surface area contributed by atoms with Gasteiger partial charge in [0.25, 0.3) is 0 Å². The Labute approximate surface area is 293 Å². The number of fused-ring (bicyclic) bond motifs is 3. The summed E-state index contributed by atoms with van der Waals surface area (Å²) < 4.78 is 8.63. The fourth-order valence-electron chi connectivity index (χ4n) is 7.44. The van der Waals surface area contributed by atoms with Crippen molar-refractivity contribution in [1.29, 1.82) is 0 Å². The molecule has 1 saturated carbocycles. The fraction of sp³-hybridized carbons (Fsp3) is 0.333. The number of ether oxygens (including phenoxy) is 1. The summed E-state index contributed by atoms with van der Waals surface area (Å²) in [6.07, 6.45) is 7.59. The fourth-order valence-corrected chi connectivity index (χ4v) is 7.44. The van der Waals surface area contributed by atoms with Crippen LogP contribution in [0.25, 0.3) is 38.9 Å². The smallest absolute Gasteiger partial charge is 0.503 e. The molecule has 4 nitrogen and oxygen atoms in total. The van der Waals surface area contributed by atoms with Gasteiger partial charge in [0.05, 0.1) is 0 Å². The van der Waals surface area contributed by atoms with Gasteiger partial charge in [0.2, 0.25) is 0 Å². The summed E-state index contributed by atoms with van der Waals surface area (Å²) >= 11 is 0. The number of hydrogen-bond donors (Lipinski definition) is 0. The molecule has 7 rings (SSSR count). The minimum Gasteiger partial charge on any atom is -0.503 e. The van der Waals surface area contributed by atoms with Gasteiger partial charge in [-0.3, -0.25) is 0 Å². The monoisotopic (exact) mass is 800 g/mol. The summed E-state index contributed by atoms with van der Waals surface area (Å²) in [5.74, 6) is 3.32. The molecule has 0 radical (unpaired) electrons. The number of nitrogens with zero attached hydrogens (tertiary/aromatic N) is 3. The van der Waals surface area contributed by atoms with Crippen LogP contribution >= 0.6 is 0 Å². The summed E-state index contributed by atoms with van der Waals surface area (Å²) in [5.41, 5.74) is 8.34. The van der Waals surface area contributed by atoms with E-state index < -0.39 is 0 Å². The Hall–Kier alpha value is -3.75. The zero-order valence-corrected chi connectivity index (χ0v) is 30.7. The van der Waals surface area contributed by atoms with Gasteiger partial charge < -0.3 is 14.3 Å². The van der Waals surface area contributed by atoms with E-state index in [0.29, 0.717) is 28.7 Å². The van der Waals surface area contributed by atoms with E-state index >= 15 is 0 Å². The van der Waals surface area contributed by atoms with Crippen molar-refractivity contribution < 1.29 is 25.8 Å². The van der Waals surface area contributed by atoms with E-state index in [1.165, 1.54) is 41.3 Å². The van der Waals surface area contributed by atoms with E-state index in [2.05, 4.69) is 102 Å². The van der Waals surface area contributed by atoms with E-state index in [1.54, 1.807) is 0 Å². The average molecular weight is 801 g/mol. The van der Waals surface area contributed by atoms with Crippen LogP contribution in [-0.2, 0) is 26.5 Å². The first kappa shape index (κ1) is 33.2. The Morgan fingerprint density at radius 1 is 0.894 bits per heavy atom. The summed E-state index contributed by atoms with van der Waals surface area (Å²) in [7, 11) is 0. The molecule has 1 aliphatic rings. The van der Waals surface area contributed by atoms with Crippen molar-refractivity contribution in [2.45, 2.75) is 79.1 Å². The van der Waals surface area contributed by atoms with Crippen molar-refractivity contribution in [2.24, 2.45) is 11.3 Å². The van der Waals surface area contributed by atoms with Crippen LogP contribution in [0.1, 0.15) is 83.4 Å². The van der Waals surface area contributed by atoms with Gasteiger partial charge in [0.15, 0.2) is 0 Å². The first-order valence-electron chi connectivity index (χ1n) is 16.6. The van der Waals surface area contributed by atoms with Crippen molar-refractivity contribution in [2.75, 3.05) is 0 Å². The SMILES string of the molecule is Cc1cnc(-c2[c-]c(Oc3[c-]c4c(cc3)c3cc(C(C)(C)C)ccc3n4-c3ccccn3)ccc2)cc1C1CCC(C)(C)CC1C.[Pt+2]. The van der Waals surface area contributed by atoms with Crippen LogP contribution in [0.15, 0.2) is 85.2 Å². The molecule has 2 unspecified atom stereocenters. The zero-order valence-electron chi connectivity index (χ0n) is 28.4. The standard InChI is InChI=1S/C42H43N3O.Pt/c1-27-25-42(6,7)19-18-33(27)35-24-37(44-26-28(35)2)29-11-10-12-31(21-29)46-32-15-16-34-36-22-30(41(3,4)5)14-17-38(36)45(39(34)23-32)40-13-8-9-20-43-40;/h8-17,20,22,24,26-27,33H,18-19,25H2,1-7H3;/q-2;+2. The quantitative estimate of drug-likeness (QED) is 0.163. The topological polar surface area (TPSA) is 39.9 Å². The molecule has 6 aromatic rings. The summed E-state index contributed by atoms with van der Waals surface area (Å²) in [6.45, 7) is 16.2. The van der Waals surface area contributed by atoms with Crippen molar-refractivity contribution in [3.8, 4) is 28.6 Å². The first-order chi connectivity index (χ1) is 22.0. The van der Waals surface area contributed by atoms with Gasteiger partial charge in [0.1, 0.15) is 5.82 Å². The molecular weight excluding hydrogens is 758 g/mol. The van der Waals surface area contributed by atoms with Gasteiger partial charge in [0, 0.05) is 29.4 Å². The van der Waals surface area contributed by atoms with Crippen LogP contribution in [0, 0.1) is 30.4 Å². The Bertz CT molecular complexity index is 2050. The third kappa shape index (κ3) is 6.55. The largest absolute Gasteiger partial charge is 2.00 e. The molecule has 0 N–H and O–H groups in total. The molecule has 3 heterocycles. The van der Waals surface area contributed by atoms with E-state index in [-0.39, 0.29) is 26.5 Å². The average Bonchev–Trinajstić information content (AvgIpc) is 3.34. The number of aryl methyl sites for hydroxylation is 1. The molecule has 0 aliphatic heterocycles. The van der Waals surface area contributed by atoms with E-state index in [4.69, 9.17) is 14.7 Å². The van der Waals surface area contributed by atoms with Gasteiger partial charge in [-0.15, -0.1) is 41.3 Å². The van der Waals surface area contributed by atoms with Crippen LogP contribution in [0.2, 0.25) is 0 Å².